The summed E-state index contributed by atoms with van der Waals surface area (Å²) in [4.78, 5) is 20.3. The summed E-state index contributed by atoms with van der Waals surface area (Å²) in [6.07, 6.45) is 8.32. The molecule has 1 aliphatic rings. The lowest BCUT2D eigenvalue weighted by atomic mass is 9.95. The first kappa shape index (κ1) is 22.2. The fourth-order valence-electron chi connectivity index (χ4n) is 3.86. The molecule has 0 spiro atoms. The normalized spacial score (nSPS) is 16.2. The van der Waals surface area contributed by atoms with Crippen LogP contribution in [-0.2, 0) is 4.74 Å². The van der Waals surface area contributed by atoms with Crippen LogP contribution in [0.4, 0.5) is 17.5 Å². The first-order valence-corrected chi connectivity index (χ1v) is 11.1. The second kappa shape index (κ2) is 9.62. The number of unbranched alkanes of at least 4 members (excludes halogenated alkanes) is 1. The highest BCUT2D eigenvalue weighted by atomic mass is 16.5. The zero-order valence-electron chi connectivity index (χ0n) is 18.7. The van der Waals surface area contributed by atoms with Gasteiger partial charge in [0.1, 0.15) is 11.3 Å². The van der Waals surface area contributed by atoms with E-state index in [9.17, 15) is 5.11 Å². The molecule has 1 atom stereocenters. The van der Waals surface area contributed by atoms with Crippen molar-refractivity contribution in [3.8, 4) is 11.1 Å². The molecule has 0 amide bonds. The Labute approximate surface area is 188 Å². The van der Waals surface area contributed by atoms with Crippen LogP contribution in [0.15, 0.2) is 30.7 Å². The van der Waals surface area contributed by atoms with Crippen molar-refractivity contribution in [1.82, 2.24) is 19.9 Å². The Morgan fingerprint density at radius 1 is 1.12 bits per heavy atom. The SMILES string of the molecule is CCCCC(C)(CO)Nc1cc(N)nc2cc(-c3cnc(N4CCOCC4)nc3)cnc12. The van der Waals surface area contributed by atoms with Crippen molar-refractivity contribution in [2.75, 3.05) is 48.9 Å². The summed E-state index contributed by atoms with van der Waals surface area (Å²) in [7, 11) is 0. The topological polar surface area (TPSA) is 122 Å². The number of nitrogens with zero attached hydrogens (tertiary/aromatic N) is 5. The van der Waals surface area contributed by atoms with Crippen molar-refractivity contribution in [3.05, 3.63) is 30.7 Å². The Bertz CT molecular complexity index is 1050. The van der Waals surface area contributed by atoms with Crippen molar-refractivity contribution in [2.24, 2.45) is 0 Å². The van der Waals surface area contributed by atoms with E-state index in [0.717, 1.165) is 49.2 Å². The predicted molar refractivity (Wildman–Crippen MR) is 127 cm³/mol. The minimum atomic E-state index is -0.458. The van der Waals surface area contributed by atoms with Crippen LogP contribution in [0.5, 0.6) is 0 Å². The number of anilines is 3. The van der Waals surface area contributed by atoms with Gasteiger partial charge in [-0.05, 0) is 19.4 Å². The van der Waals surface area contributed by atoms with Crippen LogP contribution in [0.3, 0.4) is 0 Å². The number of rotatable bonds is 8. The number of nitrogens with two attached hydrogens (primary N) is 1. The average Bonchev–Trinajstić information content (AvgIpc) is 2.83. The fourth-order valence-corrected chi connectivity index (χ4v) is 3.86. The Morgan fingerprint density at radius 2 is 1.84 bits per heavy atom. The third-order valence-electron chi connectivity index (χ3n) is 5.80. The molecule has 1 saturated heterocycles. The summed E-state index contributed by atoms with van der Waals surface area (Å²) in [5, 5.41) is 13.4. The number of morpholine rings is 1. The predicted octanol–water partition coefficient (Wildman–Crippen LogP) is 2.86. The Hall–Kier alpha value is -3.04. The lowest BCUT2D eigenvalue weighted by Crippen LogP contribution is -2.38. The fraction of sp³-hybridized carbons (Fsp3) is 0.478. The van der Waals surface area contributed by atoms with E-state index in [1.165, 1.54) is 0 Å². The van der Waals surface area contributed by atoms with Gasteiger partial charge in [-0.3, -0.25) is 4.98 Å². The van der Waals surface area contributed by atoms with Gasteiger partial charge < -0.3 is 25.8 Å². The van der Waals surface area contributed by atoms with Gasteiger partial charge >= 0.3 is 0 Å². The molecule has 3 aromatic rings. The van der Waals surface area contributed by atoms with Gasteiger partial charge in [0.2, 0.25) is 5.95 Å². The summed E-state index contributed by atoms with van der Waals surface area (Å²) in [6, 6.07) is 3.72. The van der Waals surface area contributed by atoms with Crippen molar-refractivity contribution >= 4 is 28.5 Å². The minimum Gasteiger partial charge on any atom is -0.394 e. The summed E-state index contributed by atoms with van der Waals surface area (Å²) in [6.45, 7) is 7.13. The van der Waals surface area contributed by atoms with E-state index >= 15 is 0 Å². The highest BCUT2D eigenvalue weighted by Crippen LogP contribution is 2.30. The second-order valence-corrected chi connectivity index (χ2v) is 8.50. The van der Waals surface area contributed by atoms with Crippen molar-refractivity contribution in [1.29, 1.82) is 0 Å². The maximum atomic E-state index is 9.97. The molecule has 4 rings (SSSR count). The molecule has 1 aliphatic heterocycles. The number of hydrogen-bond donors (Lipinski definition) is 3. The third-order valence-corrected chi connectivity index (χ3v) is 5.80. The van der Waals surface area contributed by atoms with Crippen LogP contribution in [0.25, 0.3) is 22.2 Å². The molecule has 9 heteroatoms. The highest BCUT2D eigenvalue weighted by Gasteiger charge is 2.24. The van der Waals surface area contributed by atoms with Gasteiger partial charge in [0.05, 0.1) is 36.6 Å². The van der Waals surface area contributed by atoms with Gasteiger partial charge in [-0.1, -0.05) is 19.8 Å². The highest BCUT2D eigenvalue weighted by molar-refractivity contribution is 5.91. The van der Waals surface area contributed by atoms with E-state index in [0.29, 0.717) is 36.0 Å². The smallest absolute Gasteiger partial charge is 0.225 e. The number of ether oxygens (including phenoxy) is 1. The minimum absolute atomic E-state index is 0.0155. The molecule has 4 heterocycles. The van der Waals surface area contributed by atoms with Gasteiger partial charge in [-0.15, -0.1) is 0 Å². The van der Waals surface area contributed by atoms with Crippen LogP contribution in [0, 0.1) is 0 Å². The maximum absolute atomic E-state index is 9.97. The number of hydrogen-bond acceptors (Lipinski definition) is 9. The number of aromatic nitrogens is 4. The Balaban J connectivity index is 1.61. The number of nitrogen functional groups attached to an aromatic ring is 1. The lowest BCUT2D eigenvalue weighted by molar-refractivity contribution is 0.122. The first-order chi connectivity index (χ1) is 15.5. The Kier molecular flexibility index (Phi) is 6.66. The number of pyridine rings is 2. The van der Waals surface area contributed by atoms with Gasteiger partial charge in [0, 0.05) is 48.9 Å². The van der Waals surface area contributed by atoms with E-state index in [1.54, 1.807) is 24.7 Å². The standard InChI is InChI=1S/C23H31N7O2/c1-3-4-5-23(2,15-31)29-19-11-20(24)28-18-10-16(12-25-21(18)19)17-13-26-22(27-14-17)30-6-8-32-9-7-30/h10-14,31H,3-9,15H2,1-2H3,(H3,24,28,29). The molecule has 0 radical (unpaired) electrons. The molecule has 1 unspecified atom stereocenters. The van der Waals surface area contributed by atoms with Crippen LogP contribution in [-0.4, -0.2) is 63.5 Å². The van der Waals surface area contributed by atoms with Crippen LogP contribution in [0.2, 0.25) is 0 Å². The first-order valence-electron chi connectivity index (χ1n) is 11.1. The van der Waals surface area contributed by atoms with Crippen molar-refractivity contribution in [3.63, 3.8) is 0 Å². The quantitative estimate of drug-likeness (QED) is 0.488. The van der Waals surface area contributed by atoms with E-state index < -0.39 is 5.54 Å². The molecule has 170 valence electrons. The summed E-state index contributed by atoms with van der Waals surface area (Å²) >= 11 is 0. The second-order valence-electron chi connectivity index (χ2n) is 8.50. The molecule has 0 saturated carbocycles. The largest absolute Gasteiger partial charge is 0.394 e. The van der Waals surface area contributed by atoms with Crippen molar-refractivity contribution in [2.45, 2.75) is 38.6 Å². The molecular formula is C23H31N7O2. The number of aliphatic hydroxyl groups is 1. The monoisotopic (exact) mass is 437 g/mol. The van der Waals surface area contributed by atoms with Gasteiger partial charge in [0.25, 0.3) is 0 Å². The molecule has 4 N–H and O–H groups in total. The number of fused-ring (bicyclic) bond motifs is 1. The molecule has 9 nitrogen and oxygen atoms in total. The molecule has 32 heavy (non-hydrogen) atoms. The van der Waals surface area contributed by atoms with Crippen molar-refractivity contribution < 1.29 is 9.84 Å². The molecule has 0 bridgehead atoms. The molecule has 3 aromatic heterocycles. The van der Waals surface area contributed by atoms with E-state index in [2.05, 4.69) is 37.1 Å². The maximum Gasteiger partial charge on any atom is 0.225 e. The zero-order chi connectivity index (χ0) is 22.6. The van der Waals surface area contributed by atoms with E-state index in [1.807, 2.05) is 13.0 Å². The van der Waals surface area contributed by atoms with Gasteiger partial charge in [-0.2, -0.15) is 0 Å². The van der Waals surface area contributed by atoms with Crippen LogP contribution >= 0.6 is 0 Å². The van der Waals surface area contributed by atoms with Gasteiger partial charge in [0.15, 0.2) is 0 Å². The van der Waals surface area contributed by atoms with Crippen LogP contribution in [0.1, 0.15) is 33.1 Å². The Morgan fingerprint density at radius 3 is 2.53 bits per heavy atom. The van der Waals surface area contributed by atoms with Gasteiger partial charge in [-0.25, -0.2) is 15.0 Å². The molecule has 0 aromatic carbocycles. The summed E-state index contributed by atoms with van der Waals surface area (Å²) in [5.74, 6) is 1.10. The summed E-state index contributed by atoms with van der Waals surface area (Å²) < 4.78 is 5.39. The molecular weight excluding hydrogens is 406 g/mol. The van der Waals surface area contributed by atoms with E-state index in [-0.39, 0.29) is 6.61 Å². The zero-order valence-corrected chi connectivity index (χ0v) is 18.7. The summed E-state index contributed by atoms with van der Waals surface area (Å²) in [5.41, 5.74) is 9.52. The third kappa shape index (κ3) is 4.89. The molecule has 1 fully saturated rings. The average molecular weight is 438 g/mol. The lowest BCUT2D eigenvalue weighted by Gasteiger charge is -2.30. The molecule has 0 aliphatic carbocycles. The van der Waals surface area contributed by atoms with E-state index in [4.69, 9.17) is 10.5 Å². The number of nitrogens with one attached hydrogen (secondary N) is 1. The number of aliphatic hydroxyl groups excluding tert-OH is 1. The van der Waals surface area contributed by atoms with Crippen LogP contribution < -0.4 is 16.0 Å².